The molecule has 0 saturated carbocycles. The van der Waals surface area contributed by atoms with Crippen LogP contribution in [0, 0.1) is 20.8 Å². The van der Waals surface area contributed by atoms with Crippen LogP contribution >= 0.6 is 0 Å². The normalized spacial score (nSPS) is 16.7. The third kappa shape index (κ3) is 4.01. The minimum absolute atomic E-state index is 0.126. The predicted octanol–water partition coefficient (Wildman–Crippen LogP) is 5.42. The number of carbonyl (C=O) groups excluding carboxylic acids is 1. The van der Waals surface area contributed by atoms with Crippen molar-refractivity contribution in [2.75, 3.05) is 11.9 Å². The van der Waals surface area contributed by atoms with Gasteiger partial charge in [-0.3, -0.25) is 0 Å². The van der Waals surface area contributed by atoms with Crippen LogP contribution in [0.3, 0.4) is 0 Å². The molecule has 1 aromatic heterocycles. The number of urea groups is 1. The van der Waals surface area contributed by atoms with Crippen LogP contribution in [0.4, 0.5) is 10.5 Å². The number of nitrogens with one attached hydrogen (secondary N) is 1. The lowest BCUT2D eigenvalue weighted by molar-refractivity contribution is 0.142. The minimum atomic E-state index is -0.208. The molecular formula is C23H26N4O2. The van der Waals surface area contributed by atoms with Gasteiger partial charge in [0, 0.05) is 17.8 Å². The first kappa shape index (κ1) is 19.2. The molecule has 2 amide bonds. The Morgan fingerprint density at radius 2 is 1.97 bits per heavy atom. The zero-order chi connectivity index (χ0) is 20.4. The molecule has 1 unspecified atom stereocenters. The van der Waals surface area contributed by atoms with Gasteiger partial charge in [0.2, 0.25) is 11.7 Å². The summed E-state index contributed by atoms with van der Waals surface area (Å²) in [7, 11) is 0. The Morgan fingerprint density at radius 1 is 1.14 bits per heavy atom. The van der Waals surface area contributed by atoms with Gasteiger partial charge in [0.05, 0.1) is 0 Å². The molecule has 0 aliphatic carbocycles. The number of hydrogen-bond donors (Lipinski definition) is 1. The van der Waals surface area contributed by atoms with E-state index in [1.807, 2.05) is 68.1 Å². The Morgan fingerprint density at radius 3 is 2.79 bits per heavy atom. The number of carbonyl (C=O) groups is 1. The van der Waals surface area contributed by atoms with E-state index in [4.69, 9.17) is 4.52 Å². The molecule has 0 bridgehead atoms. The monoisotopic (exact) mass is 390 g/mol. The highest BCUT2D eigenvalue weighted by molar-refractivity contribution is 5.90. The van der Waals surface area contributed by atoms with Crippen molar-refractivity contribution in [3.05, 3.63) is 65.0 Å². The summed E-state index contributed by atoms with van der Waals surface area (Å²) in [6.45, 7) is 6.76. The van der Waals surface area contributed by atoms with Gasteiger partial charge in [0.1, 0.15) is 6.04 Å². The molecule has 6 heteroatoms. The summed E-state index contributed by atoms with van der Waals surface area (Å²) in [5, 5.41) is 7.23. The van der Waals surface area contributed by atoms with Crippen molar-refractivity contribution in [3.8, 4) is 11.4 Å². The minimum Gasteiger partial charge on any atom is -0.337 e. The number of likely N-dealkylation sites (tertiary alicyclic amines) is 1. The van der Waals surface area contributed by atoms with E-state index in [0.29, 0.717) is 18.3 Å². The van der Waals surface area contributed by atoms with E-state index in [2.05, 4.69) is 15.5 Å². The molecule has 1 atom stereocenters. The second-order valence-electron chi connectivity index (χ2n) is 7.71. The number of hydrogen-bond acceptors (Lipinski definition) is 4. The van der Waals surface area contributed by atoms with Crippen molar-refractivity contribution in [2.45, 2.75) is 46.1 Å². The van der Waals surface area contributed by atoms with E-state index < -0.39 is 0 Å². The Bertz CT molecular complexity index is 1030. The van der Waals surface area contributed by atoms with Crippen LogP contribution in [0.15, 0.2) is 47.0 Å². The number of aryl methyl sites for hydroxylation is 2. The fourth-order valence-electron chi connectivity index (χ4n) is 3.78. The number of rotatable bonds is 3. The fourth-order valence-corrected chi connectivity index (χ4v) is 3.78. The molecule has 4 rings (SSSR count). The van der Waals surface area contributed by atoms with E-state index in [9.17, 15) is 4.79 Å². The molecule has 29 heavy (non-hydrogen) atoms. The zero-order valence-corrected chi connectivity index (χ0v) is 17.1. The number of anilines is 1. The van der Waals surface area contributed by atoms with Crippen molar-refractivity contribution in [1.29, 1.82) is 0 Å². The Hall–Kier alpha value is -3.15. The first-order valence-electron chi connectivity index (χ1n) is 10.1. The smallest absolute Gasteiger partial charge is 0.322 e. The van der Waals surface area contributed by atoms with Crippen LogP contribution in [0.5, 0.6) is 0 Å². The molecule has 2 aromatic carbocycles. The lowest BCUT2D eigenvalue weighted by Crippen LogP contribution is -2.41. The van der Waals surface area contributed by atoms with Gasteiger partial charge < -0.3 is 14.7 Å². The Kier molecular flexibility index (Phi) is 5.34. The molecule has 1 aliphatic rings. The Balaban J connectivity index is 1.56. The molecule has 1 aliphatic heterocycles. The van der Waals surface area contributed by atoms with Gasteiger partial charge in [-0.05, 0) is 63.3 Å². The molecule has 2 heterocycles. The largest absolute Gasteiger partial charge is 0.337 e. The van der Waals surface area contributed by atoms with Crippen LogP contribution in [0.2, 0.25) is 0 Å². The predicted molar refractivity (Wildman–Crippen MR) is 113 cm³/mol. The summed E-state index contributed by atoms with van der Waals surface area (Å²) >= 11 is 0. The molecule has 150 valence electrons. The van der Waals surface area contributed by atoms with Gasteiger partial charge in [-0.2, -0.15) is 4.98 Å². The maximum atomic E-state index is 13.1. The standard InChI is InChI=1S/C23H26N4O2/c1-15-8-6-10-18(14-15)21-25-22(29-26-21)20-12-4-5-13-27(20)23(28)24-19-11-7-9-16(2)17(19)3/h6-11,14,20H,4-5,12-13H2,1-3H3,(H,24,28). The van der Waals surface area contributed by atoms with E-state index in [1.54, 1.807) is 0 Å². The lowest BCUT2D eigenvalue weighted by Gasteiger charge is -2.33. The SMILES string of the molecule is Cc1cccc(-c2noc(C3CCCCN3C(=O)Nc3cccc(C)c3C)n2)c1. The molecule has 1 fully saturated rings. The molecule has 0 spiro atoms. The molecular weight excluding hydrogens is 364 g/mol. The van der Waals surface area contributed by atoms with Crippen LogP contribution in [-0.4, -0.2) is 27.6 Å². The maximum Gasteiger partial charge on any atom is 0.322 e. The van der Waals surface area contributed by atoms with E-state index in [-0.39, 0.29) is 12.1 Å². The maximum absolute atomic E-state index is 13.1. The van der Waals surface area contributed by atoms with Gasteiger partial charge in [-0.25, -0.2) is 4.79 Å². The van der Waals surface area contributed by atoms with Crippen molar-refractivity contribution in [1.82, 2.24) is 15.0 Å². The topological polar surface area (TPSA) is 71.3 Å². The van der Waals surface area contributed by atoms with Crippen LogP contribution in [0.1, 0.15) is 47.9 Å². The molecule has 0 radical (unpaired) electrons. The highest BCUT2D eigenvalue weighted by Crippen LogP contribution is 2.32. The average molecular weight is 390 g/mol. The van der Waals surface area contributed by atoms with Gasteiger partial charge in [0.25, 0.3) is 0 Å². The van der Waals surface area contributed by atoms with Crippen molar-refractivity contribution < 1.29 is 9.32 Å². The molecule has 1 N–H and O–H groups in total. The summed E-state index contributed by atoms with van der Waals surface area (Å²) in [6, 6.07) is 13.6. The zero-order valence-electron chi connectivity index (χ0n) is 17.1. The molecule has 3 aromatic rings. The van der Waals surface area contributed by atoms with E-state index in [1.165, 1.54) is 0 Å². The summed E-state index contributed by atoms with van der Waals surface area (Å²) in [5.74, 6) is 1.06. The van der Waals surface area contributed by atoms with Crippen molar-refractivity contribution >= 4 is 11.7 Å². The second kappa shape index (κ2) is 8.07. The number of piperidine rings is 1. The second-order valence-corrected chi connectivity index (χ2v) is 7.71. The quantitative estimate of drug-likeness (QED) is 0.648. The highest BCUT2D eigenvalue weighted by atomic mass is 16.5. The molecule has 1 saturated heterocycles. The van der Waals surface area contributed by atoms with Gasteiger partial charge in [-0.1, -0.05) is 41.1 Å². The fraction of sp³-hybridized carbons (Fsp3) is 0.348. The number of benzene rings is 2. The summed E-state index contributed by atoms with van der Waals surface area (Å²) in [5.41, 5.74) is 5.13. The van der Waals surface area contributed by atoms with E-state index >= 15 is 0 Å². The van der Waals surface area contributed by atoms with Crippen LogP contribution < -0.4 is 5.32 Å². The highest BCUT2D eigenvalue weighted by Gasteiger charge is 2.32. The van der Waals surface area contributed by atoms with Crippen molar-refractivity contribution in [3.63, 3.8) is 0 Å². The average Bonchev–Trinajstić information content (AvgIpc) is 3.21. The Labute approximate surface area is 170 Å². The summed E-state index contributed by atoms with van der Waals surface area (Å²) in [6.07, 6.45) is 2.81. The van der Waals surface area contributed by atoms with E-state index in [0.717, 1.165) is 47.2 Å². The lowest BCUT2D eigenvalue weighted by atomic mass is 10.0. The van der Waals surface area contributed by atoms with Gasteiger partial charge in [0.15, 0.2) is 0 Å². The summed E-state index contributed by atoms with van der Waals surface area (Å²) < 4.78 is 5.59. The third-order valence-corrected chi connectivity index (χ3v) is 5.61. The van der Waals surface area contributed by atoms with Crippen LogP contribution in [-0.2, 0) is 0 Å². The molecule has 6 nitrogen and oxygen atoms in total. The number of amides is 2. The number of aromatic nitrogens is 2. The van der Waals surface area contributed by atoms with Gasteiger partial charge >= 0.3 is 6.03 Å². The van der Waals surface area contributed by atoms with Crippen LogP contribution in [0.25, 0.3) is 11.4 Å². The third-order valence-electron chi connectivity index (χ3n) is 5.61. The van der Waals surface area contributed by atoms with Gasteiger partial charge in [-0.15, -0.1) is 0 Å². The van der Waals surface area contributed by atoms with Crippen molar-refractivity contribution in [2.24, 2.45) is 0 Å². The first-order chi connectivity index (χ1) is 14.0. The first-order valence-corrected chi connectivity index (χ1v) is 10.1. The summed E-state index contributed by atoms with van der Waals surface area (Å²) in [4.78, 5) is 19.5. The number of nitrogens with zero attached hydrogens (tertiary/aromatic N) is 3.